The average Bonchev–Trinajstić information content (AvgIpc) is 3.24. The predicted octanol–water partition coefficient (Wildman–Crippen LogP) is 6.01. The number of benzene rings is 2. The van der Waals surface area contributed by atoms with Gasteiger partial charge in [0, 0.05) is 30.7 Å². The zero-order valence-corrected chi connectivity index (χ0v) is 19.6. The summed E-state index contributed by atoms with van der Waals surface area (Å²) in [5.74, 6) is -3.24. The predicted molar refractivity (Wildman–Crippen MR) is 122 cm³/mol. The second kappa shape index (κ2) is 9.06. The van der Waals surface area contributed by atoms with Gasteiger partial charge in [0.2, 0.25) is 9.84 Å². The minimum absolute atomic E-state index is 0.0865. The molecule has 0 N–H and O–H groups in total. The number of halogens is 3. The van der Waals surface area contributed by atoms with E-state index in [-0.39, 0.29) is 22.7 Å². The average molecular weight is 486 g/mol. The summed E-state index contributed by atoms with van der Waals surface area (Å²) in [6.07, 6.45) is 4.80. The Balaban J connectivity index is 2.13. The molecule has 0 spiro atoms. The molecule has 0 atom stereocenters. The van der Waals surface area contributed by atoms with Crippen molar-refractivity contribution >= 4 is 9.84 Å². The molecule has 2 aromatic carbocycles. The van der Waals surface area contributed by atoms with Crippen molar-refractivity contribution in [1.29, 1.82) is 0 Å². The highest BCUT2D eigenvalue weighted by Gasteiger charge is 2.33. The van der Waals surface area contributed by atoms with Gasteiger partial charge in [0.1, 0.15) is 28.0 Å². The maximum atomic E-state index is 15.5. The van der Waals surface area contributed by atoms with Crippen LogP contribution in [0.2, 0.25) is 0 Å². The number of sulfone groups is 1. The van der Waals surface area contributed by atoms with Crippen molar-refractivity contribution in [1.82, 2.24) is 14.8 Å². The molecule has 34 heavy (non-hydrogen) atoms. The van der Waals surface area contributed by atoms with Gasteiger partial charge in [0.15, 0.2) is 0 Å². The maximum absolute atomic E-state index is 15.5. The number of hydrogen-bond acceptors (Lipinski definition) is 4. The van der Waals surface area contributed by atoms with E-state index in [1.165, 1.54) is 12.1 Å². The van der Waals surface area contributed by atoms with Crippen LogP contribution < -0.4 is 0 Å². The van der Waals surface area contributed by atoms with E-state index in [4.69, 9.17) is 0 Å². The van der Waals surface area contributed by atoms with Crippen LogP contribution >= 0.6 is 0 Å². The lowest BCUT2D eigenvalue weighted by Crippen LogP contribution is -2.13. The van der Waals surface area contributed by atoms with Gasteiger partial charge in [-0.1, -0.05) is 19.9 Å². The van der Waals surface area contributed by atoms with Crippen molar-refractivity contribution in [2.75, 3.05) is 0 Å². The summed E-state index contributed by atoms with van der Waals surface area (Å²) >= 11 is 0. The molecule has 0 aliphatic carbocycles. The minimum Gasteiger partial charge on any atom is -0.272 e. The van der Waals surface area contributed by atoms with Gasteiger partial charge in [-0.25, -0.2) is 21.6 Å². The van der Waals surface area contributed by atoms with Crippen LogP contribution in [0.1, 0.15) is 32.3 Å². The van der Waals surface area contributed by atoms with Crippen molar-refractivity contribution in [2.45, 2.75) is 43.0 Å². The van der Waals surface area contributed by atoms with Crippen molar-refractivity contribution in [3.63, 3.8) is 0 Å². The molecule has 2 heterocycles. The van der Waals surface area contributed by atoms with Gasteiger partial charge in [-0.2, -0.15) is 5.10 Å². The monoisotopic (exact) mass is 485 g/mol. The van der Waals surface area contributed by atoms with Crippen LogP contribution in [0.5, 0.6) is 0 Å². The zero-order chi connectivity index (χ0) is 24.6. The number of hydrogen-bond donors (Lipinski definition) is 0. The van der Waals surface area contributed by atoms with Gasteiger partial charge in [0.25, 0.3) is 0 Å². The molecule has 0 amide bonds. The van der Waals surface area contributed by atoms with E-state index in [0.29, 0.717) is 23.7 Å². The van der Waals surface area contributed by atoms with Crippen LogP contribution in [-0.4, -0.2) is 23.2 Å². The Morgan fingerprint density at radius 2 is 1.65 bits per heavy atom. The number of aromatic nitrogens is 3. The summed E-state index contributed by atoms with van der Waals surface area (Å²) in [5.41, 5.74) is 1.21. The van der Waals surface area contributed by atoms with Crippen LogP contribution in [0.3, 0.4) is 0 Å². The Bertz CT molecular complexity index is 1470. The molecule has 4 aromatic rings. The largest absolute Gasteiger partial charge is 0.272 e. The summed E-state index contributed by atoms with van der Waals surface area (Å²) in [5, 5.41) is 4.47. The highest BCUT2D eigenvalue weighted by Crippen LogP contribution is 2.42. The lowest BCUT2D eigenvalue weighted by molar-refractivity contribution is 0.551. The Morgan fingerprint density at radius 3 is 2.29 bits per heavy atom. The molecule has 0 saturated heterocycles. The van der Waals surface area contributed by atoms with Gasteiger partial charge in [-0.05, 0) is 60.4 Å². The molecule has 2 aromatic heterocycles. The second-order valence-corrected chi connectivity index (χ2v) is 9.91. The van der Waals surface area contributed by atoms with Gasteiger partial charge >= 0.3 is 0 Å². The molecule has 0 aliphatic heterocycles. The molecule has 0 unspecified atom stereocenters. The highest BCUT2D eigenvalue weighted by molar-refractivity contribution is 7.91. The lowest BCUT2D eigenvalue weighted by atomic mass is 9.96. The molecule has 4 rings (SSSR count). The molecule has 0 radical (unpaired) electrons. The fourth-order valence-electron chi connectivity index (χ4n) is 3.84. The molecular weight excluding hydrogens is 463 g/mol. The van der Waals surface area contributed by atoms with E-state index in [2.05, 4.69) is 10.1 Å². The maximum Gasteiger partial charge on any atom is 0.210 e. The molecule has 0 fully saturated rings. The second-order valence-electron chi connectivity index (χ2n) is 8.06. The standard InChI is InChI=1S/C25H22F3N3O2S/c1-4-31-14-19(16-9-11-29-12-10-16)24(30-31)23-21(28)8-6-18(15(2)3)25(23)34(32,33)22-13-17(26)5-7-20(22)27/h5-15H,4H2,1-3H3. The first-order valence-electron chi connectivity index (χ1n) is 10.7. The first kappa shape index (κ1) is 23.7. The smallest absolute Gasteiger partial charge is 0.210 e. The lowest BCUT2D eigenvalue weighted by Gasteiger charge is -2.19. The molecule has 5 nitrogen and oxygen atoms in total. The first-order valence-corrected chi connectivity index (χ1v) is 12.1. The SMILES string of the molecule is CCn1cc(-c2ccncc2)c(-c2c(F)ccc(C(C)C)c2S(=O)(=O)c2cc(F)ccc2F)n1. The summed E-state index contributed by atoms with van der Waals surface area (Å²) in [6.45, 7) is 5.77. The molecular formula is C25H22F3N3O2S. The van der Waals surface area contributed by atoms with Crippen LogP contribution in [0.4, 0.5) is 13.2 Å². The Morgan fingerprint density at radius 1 is 0.971 bits per heavy atom. The summed E-state index contributed by atoms with van der Waals surface area (Å²) in [6, 6.07) is 8.11. The number of rotatable bonds is 6. The van der Waals surface area contributed by atoms with Crippen LogP contribution in [-0.2, 0) is 16.4 Å². The van der Waals surface area contributed by atoms with Crippen LogP contribution in [0.25, 0.3) is 22.4 Å². The summed E-state index contributed by atoms with van der Waals surface area (Å²) in [4.78, 5) is 2.71. The third-order valence-electron chi connectivity index (χ3n) is 5.52. The fraction of sp³-hybridized carbons (Fsp3) is 0.200. The van der Waals surface area contributed by atoms with E-state index in [1.807, 2.05) is 6.92 Å². The highest BCUT2D eigenvalue weighted by atomic mass is 32.2. The van der Waals surface area contributed by atoms with Crippen LogP contribution in [0, 0.1) is 17.5 Å². The molecule has 176 valence electrons. The summed E-state index contributed by atoms with van der Waals surface area (Å²) in [7, 11) is -4.68. The number of nitrogens with zero attached hydrogens (tertiary/aromatic N) is 3. The van der Waals surface area contributed by atoms with Gasteiger partial charge in [-0.15, -0.1) is 0 Å². The van der Waals surface area contributed by atoms with Gasteiger partial charge < -0.3 is 0 Å². The zero-order valence-electron chi connectivity index (χ0n) is 18.8. The normalized spacial score (nSPS) is 11.9. The van der Waals surface area contributed by atoms with E-state index in [1.54, 1.807) is 49.3 Å². The van der Waals surface area contributed by atoms with Gasteiger partial charge in [-0.3, -0.25) is 9.67 Å². The Labute approximate surface area is 195 Å². The van der Waals surface area contributed by atoms with Crippen molar-refractivity contribution in [3.05, 3.63) is 84.1 Å². The van der Waals surface area contributed by atoms with E-state index >= 15 is 4.39 Å². The third kappa shape index (κ3) is 4.11. The van der Waals surface area contributed by atoms with Crippen LogP contribution in [0.15, 0.2) is 70.8 Å². The van der Waals surface area contributed by atoms with E-state index < -0.39 is 37.1 Å². The van der Waals surface area contributed by atoms with E-state index in [0.717, 1.165) is 12.1 Å². The van der Waals surface area contributed by atoms with Crippen molar-refractivity contribution in [3.8, 4) is 22.4 Å². The van der Waals surface area contributed by atoms with Gasteiger partial charge in [0.05, 0.1) is 10.5 Å². The van der Waals surface area contributed by atoms with Crippen molar-refractivity contribution in [2.24, 2.45) is 0 Å². The molecule has 9 heteroatoms. The quantitative estimate of drug-likeness (QED) is 0.336. The summed E-state index contributed by atoms with van der Waals surface area (Å²) < 4.78 is 73.3. The molecule has 0 aliphatic rings. The minimum atomic E-state index is -4.68. The Kier molecular flexibility index (Phi) is 6.31. The Hall–Kier alpha value is -3.46. The fourth-order valence-corrected chi connectivity index (χ4v) is 5.73. The molecule has 0 bridgehead atoms. The van der Waals surface area contributed by atoms with Crippen molar-refractivity contribution < 1.29 is 21.6 Å². The van der Waals surface area contributed by atoms with E-state index in [9.17, 15) is 17.2 Å². The first-order chi connectivity index (χ1) is 16.1. The molecule has 0 saturated carbocycles. The number of pyridine rings is 1. The third-order valence-corrected chi connectivity index (χ3v) is 7.39. The number of aryl methyl sites for hydroxylation is 1. The topological polar surface area (TPSA) is 64.8 Å².